The first-order valence-electron chi connectivity index (χ1n) is 7.02. The number of nitro groups is 1. The highest BCUT2D eigenvalue weighted by Gasteiger charge is 2.12. The SMILES string of the molecule is COc1ccc(-c2ccncc2)cc1-c1cccc([N+](=O)[O-])c1. The van der Waals surface area contributed by atoms with Gasteiger partial charge in [-0.15, -0.1) is 0 Å². The van der Waals surface area contributed by atoms with Gasteiger partial charge in [-0.1, -0.05) is 18.2 Å². The number of hydrogen-bond acceptors (Lipinski definition) is 4. The molecule has 0 N–H and O–H groups in total. The van der Waals surface area contributed by atoms with Crippen LogP contribution in [0.4, 0.5) is 5.69 Å². The number of methoxy groups -OCH3 is 1. The van der Waals surface area contributed by atoms with Crippen LogP contribution in [0.1, 0.15) is 0 Å². The molecule has 0 bridgehead atoms. The third kappa shape index (κ3) is 3.03. The summed E-state index contributed by atoms with van der Waals surface area (Å²) < 4.78 is 5.41. The summed E-state index contributed by atoms with van der Waals surface area (Å²) in [5.74, 6) is 0.670. The lowest BCUT2D eigenvalue weighted by Crippen LogP contribution is -1.91. The van der Waals surface area contributed by atoms with Crippen molar-refractivity contribution in [3.05, 3.63) is 77.1 Å². The van der Waals surface area contributed by atoms with Crippen LogP contribution < -0.4 is 4.74 Å². The molecule has 0 aliphatic heterocycles. The number of aromatic nitrogens is 1. The Morgan fingerprint density at radius 2 is 1.74 bits per heavy atom. The fraction of sp³-hybridized carbons (Fsp3) is 0.0556. The summed E-state index contributed by atoms with van der Waals surface area (Å²) in [5.41, 5.74) is 3.63. The Morgan fingerprint density at radius 1 is 0.957 bits per heavy atom. The van der Waals surface area contributed by atoms with Crippen LogP contribution in [-0.2, 0) is 0 Å². The van der Waals surface area contributed by atoms with E-state index in [0.717, 1.165) is 22.3 Å². The van der Waals surface area contributed by atoms with Gasteiger partial charge in [0.15, 0.2) is 0 Å². The lowest BCUT2D eigenvalue weighted by molar-refractivity contribution is -0.384. The van der Waals surface area contributed by atoms with Gasteiger partial charge in [-0.25, -0.2) is 0 Å². The van der Waals surface area contributed by atoms with Gasteiger partial charge < -0.3 is 4.74 Å². The Labute approximate surface area is 133 Å². The van der Waals surface area contributed by atoms with Crippen LogP contribution in [0.2, 0.25) is 0 Å². The number of pyridine rings is 1. The predicted molar refractivity (Wildman–Crippen MR) is 88.3 cm³/mol. The van der Waals surface area contributed by atoms with E-state index in [1.807, 2.05) is 36.4 Å². The average Bonchev–Trinajstić information content (AvgIpc) is 2.62. The van der Waals surface area contributed by atoms with Gasteiger partial charge in [-0.2, -0.15) is 0 Å². The molecule has 0 fully saturated rings. The molecule has 2 aromatic carbocycles. The van der Waals surface area contributed by atoms with Gasteiger partial charge in [0.1, 0.15) is 5.75 Å². The Kier molecular flexibility index (Phi) is 4.01. The summed E-state index contributed by atoms with van der Waals surface area (Å²) in [7, 11) is 1.59. The molecule has 1 aromatic heterocycles. The molecule has 3 aromatic rings. The van der Waals surface area contributed by atoms with Crippen molar-refractivity contribution in [2.24, 2.45) is 0 Å². The minimum absolute atomic E-state index is 0.0545. The first-order chi connectivity index (χ1) is 11.2. The standard InChI is InChI=1S/C18H14N2O3/c1-23-18-6-5-14(13-7-9-19-10-8-13)12-17(18)15-3-2-4-16(11-15)20(21)22/h2-12H,1H3. The van der Waals surface area contributed by atoms with E-state index < -0.39 is 4.92 Å². The first-order valence-corrected chi connectivity index (χ1v) is 7.02. The summed E-state index contributed by atoms with van der Waals surface area (Å²) in [5, 5.41) is 11.0. The van der Waals surface area contributed by atoms with Crippen molar-refractivity contribution < 1.29 is 9.66 Å². The fourth-order valence-electron chi connectivity index (χ4n) is 2.44. The molecular formula is C18H14N2O3. The summed E-state index contributed by atoms with van der Waals surface area (Å²) >= 11 is 0. The average molecular weight is 306 g/mol. The van der Waals surface area contributed by atoms with E-state index in [0.29, 0.717) is 5.75 Å². The van der Waals surface area contributed by atoms with Crippen molar-refractivity contribution >= 4 is 5.69 Å². The molecule has 23 heavy (non-hydrogen) atoms. The monoisotopic (exact) mass is 306 g/mol. The van der Waals surface area contributed by atoms with Gasteiger partial charge in [0.2, 0.25) is 0 Å². The molecule has 0 saturated carbocycles. The molecule has 114 valence electrons. The number of nitro benzene ring substituents is 1. The van der Waals surface area contributed by atoms with E-state index in [4.69, 9.17) is 4.74 Å². The molecule has 0 atom stereocenters. The number of rotatable bonds is 4. The summed E-state index contributed by atoms with van der Waals surface area (Å²) in [6.45, 7) is 0. The molecule has 0 saturated heterocycles. The molecular weight excluding hydrogens is 292 g/mol. The second-order valence-electron chi connectivity index (χ2n) is 4.96. The van der Waals surface area contributed by atoms with E-state index in [-0.39, 0.29) is 5.69 Å². The molecule has 0 aliphatic carbocycles. The van der Waals surface area contributed by atoms with Crippen LogP contribution in [0, 0.1) is 10.1 Å². The molecule has 5 nitrogen and oxygen atoms in total. The van der Waals surface area contributed by atoms with Crippen molar-refractivity contribution in [2.45, 2.75) is 0 Å². The van der Waals surface area contributed by atoms with E-state index in [2.05, 4.69) is 4.98 Å². The first kappa shape index (κ1) is 14.7. The number of benzene rings is 2. The van der Waals surface area contributed by atoms with Gasteiger partial charge in [0.25, 0.3) is 5.69 Å². The largest absolute Gasteiger partial charge is 0.496 e. The van der Waals surface area contributed by atoms with Crippen LogP contribution >= 0.6 is 0 Å². The highest BCUT2D eigenvalue weighted by atomic mass is 16.6. The smallest absolute Gasteiger partial charge is 0.270 e. The van der Waals surface area contributed by atoms with E-state index >= 15 is 0 Å². The van der Waals surface area contributed by atoms with Crippen LogP contribution in [0.3, 0.4) is 0 Å². The topological polar surface area (TPSA) is 65.3 Å². The second kappa shape index (κ2) is 6.27. The highest BCUT2D eigenvalue weighted by Crippen LogP contribution is 2.35. The molecule has 5 heteroatoms. The molecule has 0 amide bonds. The quantitative estimate of drug-likeness (QED) is 0.531. The molecule has 0 spiro atoms. The number of nitrogens with zero attached hydrogens (tertiary/aromatic N) is 2. The minimum atomic E-state index is -0.400. The fourth-order valence-corrected chi connectivity index (χ4v) is 2.44. The summed E-state index contributed by atoms with van der Waals surface area (Å²) in [6.07, 6.45) is 3.46. The molecule has 0 radical (unpaired) electrons. The highest BCUT2D eigenvalue weighted by molar-refractivity contribution is 5.78. The Hall–Kier alpha value is -3.21. The lowest BCUT2D eigenvalue weighted by Gasteiger charge is -2.11. The predicted octanol–water partition coefficient (Wildman–Crippen LogP) is 4.33. The number of ether oxygens (including phenoxy) is 1. The van der Waals surface area contributed by atoms with Crippen LogP contribution in [0.15, 0.2) is 67.0 Å². The second-order valence-corrected chi connectivity index (χ2v) is 4.96. The molecule has 1 heterocycles. The maximum absolute atomic E-state index is 11.0. The minimum Gasteiger partial charge on any atom is -0.496 e. The lowest BCUT2D eigenvalue weighted by atomic mass is 9.98. The molecule has 3 rings (SSSR count). The van der Waals surface area contributed by atoms with Gasteiger partial charge in [-0.05, 0) is 41.0 Å². The van der Waals surface area contributed by atoms with Gasteiger partial charge >= 0.3 is 0 Å². The summed E-state index contributed by atoms with van der Waals surface area (Å²) in [4.78, 5) is 14.6. The van der Waals surface area contributed by atoms with E-state index in [1.165, 1.54) is 6.07 Å². The summed E-state index contributed by atoms with van der Waals surface area (Å²) in [6, 6.07) is 16.1. The Balaban J connectivity index is 2.14. The molecule has 0 aliphatic rings. The normalized spacial score (nSPS) is 10.3. The number of hydrogen-bond donors (Lipinski definition) is 0. The zero-order valence-corrected chi connectivity index (χ0v) is 12.5. The Bertz CT molecular complexity index is 848. The third-order valence-electron chi connectivity index (χ3n) is 3.58. The van der Waals surface area contributed by atoms with Gasteiger partial charge in [-0.3, -0.25) is 15.1 Å². The van der Waals surface area contributed by atoms with Crippen LogP contribution in [-0.4, -0.2) is 17.0 Å². The molecule has 0 unspecified atom stereocenters. The van der Waals surface area contributed by atoms with Crippen molar-refractivity contribution in [1.29, 1.82) is 0 Å². The Morgan fingerprint density at radius 3 is 2.43 bits per heavy atom. The van der Waals surface area contributed by atoms with Gasteiger partial charge in [0, 0.05) is 30.1 Å². The van der Waals surface area contributed by atoms with Gasteiger partial charge in [0.05, 0.1) is 12.0 Å². The van der Waals surface area contributed by atoms with Crippen molar-refractivity contribution in [2.75, 3.05) is 7.11 Å². The third-order valence-corrected chi connectivity index (χ3v) is 3.58. The van der Waals surface area contributed by atoms with E-state index in [9.17, 15) is 10.1 Å². The van der Waals surface area contributed by atoms with Crippen molar-refractivity contribution in [3.63, 3.8) is 0 Å². The maximum atomic E-state index is 11.0. The zero-order valence-electron chi connectivity index (χ0n) is 12.5. The van der Waals surface area contributed by atoms with Crippen LogP contribution in [0.5, 0.6) is 5.75 Å². The maximum Gasteiger partial charge on any atom is 0.270 e. The van der Waals surface area contributed by atoms with Crippen LogP contribution in [0.25, 0.3) is 22.3 Å². The van der Waals surface area contributed by atoms with Crippen molar-refractivity contribution in [3.8, 4) is 28.0 Å². The number of non-ortho nitro benzene ring substituents is 1. The zero-order chi connectivity index (χ0) is 16.2. The van der Waals surface area contributed by atoms with Crippen molar-refractivity contribution in [1.82, 2.24) is 4.98 Å². The van der Waals surface area contributed by atoms with E-state index in [1.54, 1.807) is 31.6 Å².